The lowest BCUT2D eigenvalue weighted by atomic mass is 10.0. The summed E-state index contributed by atoms with van der Waals surface area (Å²) in [5.41, 5.74) is 8.33. The zero-order chi connectivity index (χ0) is 11.5. The summed E-state index contributed by atoms with van der Waals surface area (Å²) in [4.78, 5) is 2.72. The lowest BCUT2D eigenvalue weighted by molar-refractivity contribution is 0.0416. The van der Waals surface area contributed by atoms with Gasteiger partial charge in [0.2, 0.25) is 10.0 Å². The summed E-state index contributed by atoms with van der Waals surface area (Å²) >= 11 is 0. The molecule has 2 atom stereocenters. The normalized spacial score (nSPS) is 28.4. The summed E-state index contributed by atoms with van der Waals surface area (Å²) in [7, 11) is -1.71. The van der Waals surface area contributed by atoms with Gasteiger partial charge in [-0.3, -0.25) is 0 Å². The van der Waals surface area contributed by atoms with Crippen molar-refractivity contribution in [3.63, 3.8) is 0 Å². The molecule has 0 saturated carbocycles. The van der Waals surface area contributed by atoms with E-state index in [2.05, 4.69) is 10.0 Å². The standard InChI is InChI=1S/C7H14N4O3S/c1-14-7-5-11(15(2,12)13)4-3-6(7)9-10-8/h6-7H,3-5H2,1-2H3/t6-,7-/m1/s1. The van der Waals surface area contributed by atoms with Gasteiger partial charge in [0, 0.05) is 25.1 Å². The summed E-state index contributed by atoms with van der Waals surface area (Å²) in [5.74, 6) is 0. The zero-order valence-corrected chi connectivity index (χ0v) is 9.51. The molecule has 0 amide bonds. The van der Waals surface area contributed by atoms with Gasteiger partial charge in [0.25, 0.3) is 0 Å². The van der Waals surface area contributed by atoms with E-state index in [1.807, 2.05) is 0 Å². The first-order valence-corrected chi connectivity index (χ1v) is 6.36. The fraction of sp³-hybridized carbons (Fsp3) is 1.00. The van der Waals surface area contributed by atoms with Crippen LogP contribution in [-0.2, 0) is 14.8 Å². The van der Waals surface area contributed by atoms with E-state index in [0.717, 1.165) is 6.26 Å². The number of azide groups is 1. The van der Waals surface area contributed by atoms with E-state index in [9.17, 15) is 8.42 Å². The second kappa shape index (κ2) is 4.80. The third-order valence-electron chi connectivity index (χ3n) is 2.46. The van der Waals surface area contributed by atoms with Crippen LogP contribution in [0.4, 0.5) is 0 Å². The molecule has 0 unspecified atom stereocenters. The Kier molecular flexibility index (Phi) is 3.92. The van der Waals surface area contributed by atoms with Crippen molar-refractivity contribution in [3.05, 3.63) is 10.4 Å². The molecule has 0 N–H and O–H groups in total. The number of hydrogen-bond acceptors (Lipinski definition) is 4. The lowest BCUT2D eigenvalue weighted by Gasteiger charge is -2.34. The number of ether oxygens (including phenoxy) is 1. The van der Waals surface area contributed by atoms with E-state index in [-0.39, 0.29) is 18.7 Å². The fourth-order valence-electron chi connectivity index (χ4n) is 1.61. The average molecular weight is 234 g/mol. The molecule has 1 aliphatic heterocycles. The quantitative estimate of drug-likeness (QED) is 0.400. The van der Waals surface area contributed by atoms with E-state index in [4.69, 9.17) is 10.3 Å². The molecule has 0 aromatic heterocycles. The maximum absolute atomic E-state index is 11.3. The third-order valence-corrected chi connectivity index (χ3v) is 3.73. The van der Waals surface area contributed by atoms with Crippen molar-refractivity contribution in [3.8, 4) is 0 Å². The molecule has 0 aromatic rings. The molecule has 0 aliphatic carbocycles. The van der Waals surface area contributed by atoms with E-state index >= 15 is 0 Å². The summed E-state index contributed by atoms with van der Waals surface area (Å²) in [6, 6.07) is -0.280. The molecule has 1 saturated heterocycles. The maximum atomic E-state index is 11.3. The monoisotopic (exact) mass is 234 g/mol. The van der Waals surface area contributed by atoms with Gasteiger partial charge in [-0.15, -0.1) is 0 Å². The van der Waals surface area contributed by atoms with E-state index in [1.54, 1.807) is 0 Å². The minimum Gasteiger partial charge on any atom is -0.380 e. The van der Waals surface area contributed by atoms with Gasteiger partial charge in [-0.05, 0) is 12.0 Å². The highest BCUT2D eigenvalue weighted by Crippen LogP contribution is 2.18. The number of methoxy groups -OCH3 is 1. The maximum Gasteiger partial charge on any atom is 0.211 e. The Morgan fingerprint density at radius 2 is 2.27 bits per heavy atom. The summed E-state index contributed by atoms with van der Waals surface area (Å²) in [5, 5.41) is 3.59. The van der Waals surface area contributed by atoms with Crippen LogP contribution in [0.3, 0.4) is 0 Å². The molecule has 8 heteroatoms. The van der Waals surface area contributed by atoms with Gasteiger partial charge in [-0.1, -0.05) is 5.11 Å². The first-order valence-electron chi connectivity index (χ1n) is 4.51. The molecule has 1 aliphatic rings. The van der Waals surface area contributed by atoms with Crippen LogP contribution in [0.2, 0.25) is 0 Å². The summed E-state index contributed by atoms with van der Waals surface area (Å²) in [6.45, 7) is 0.626. The van der Waals surface area contributed by atoms with Crippen LogP contribution in [0, 0.1) is 0 Å². The van der Waals surface area contributed by atoms with Crippen molar-refractivity contribution in [1.82, 2.24) is 4.31 Å². The Bertz CT molecular complexity index is 362. The highest BCUT2D eigenvalue weighted by molar-refractivity contribution is 7.88. The lowest BCUT2D eigenvalue weighted by Crippen LogP contribution is -2.48. The van der Waals surface area contributed by atoms with Crippen LogP contribution in [-0.4, -0.2) is 51.3 Å². The number of sulfonamides is 1. The van der Waals surface area contributed by atoms with Crippen LogP contribution in [0.25, 0.3) is 10.4 Å². The van der Waals surface area contributed by atoms with Crippen molar-refractivity contribution in [1.29, 1.82) is 0 Å². The summed E-state index contributed by atoms with van der Waals surface area (Å²) in [6.07, 6.45) is 1.30. The first kappa shape index (κ1) is 12.3. The van der Waals surface area contributed by atoms with Crippen LogP contribution >= 0.6 is 0 Å². The van der Waals surface area contributed by atoms with Gasteiger partial charge in [0.05, 0.1) is 18.4 Å². The molecular formula is C7H14N4O3S. The minimum absolute atomic E-state index is 0.249. The Labute approximate surface area is 88.7 Å². The molecule has 1 heterocycles. The second-order valence-corrected chi connectivity index (χ2v) is 5.44. The highest BCUT2D eigenvalue weighted by Gasteiger charge is 2.32. The molecule has 0 spiro atoms. The summed E-state index contributed by atoms with van der Waals surface area (Å²) < 4.78 is 29.0. The highest BCUT2D eigenvalue weighted by atomic mass is 32.2. The molecule has 15 heavy (non-hydrogen) atoms. The smallest absolute Gasteiger partial charge is 0.211 e. The molecule has 1 rings (SSSR count). The predicted molar refractivity (Wildman–Crippen MR) is 54.8 cm³/mol. The van der Waals surface area contributed by atoms with Crippen molar-refractivity contribution in [2.45, 2.75) is 18.6 Å². The molecular weight excluding hydrogens is 220 g/mol. The largest absolute Gasteiger partial charge is 0.380 e. The molecule has 0 bridgehead atoms. The Hall–Kier alpha value is -0.820. The molecule has 0 radical (unpaired) electrons. The zero-order valence-electron chi connectivity index (χ0n) is 8.70. The van der Waals surface area contributed by atoms with Gasteiger partial charge in [0.15, 0.2) is 0 Å². The van der Waals surface area contributed by atoms with Crippen molar-refractivity contribution in [2.24, 2.45) is 5.11 Å². The topological polar surface area (TPSA) is 95.4 Å². The third kappa shape index (κ3) is 3.07. The molecule has 86 valence electrons. The van der Waals surface area contributed by atoms with E-state index in [0.29, 0.717) is 13.0 Å². The minimum atomic E-state index is -3.19. The van der Waals surface area contributed by atoms with Crippen molar-refractivity contribution >= 4 is 10.0 Å². The van der Waals surface area contributed by atoms with Crippen LogP contribution in [0.1, 0.15) is 6.42 Å². The number of hydrogen-bond donors (Lipinski definition) is 0. The average Bonchev–Trinajstić information content (AvgIpc) is 2.17. The van der Waals surface area contributed by atoms with Crippen LogP contribution < -0.4 is 0 Å². The van der Waals surface area contributed by atoms with Gasteiger partial charge < -0.3 is 4.74 Å². The molecule has 0 aromatic carbocycles. The number of nitrogens with zero attached hydrogens (tertiary/aromatic N) is 4. The first-order chi connectivity index (χ1) is 6.99. The van der Waals surface area contributed by atoms with Crippen LogP contribution in [0.5, 0.6) is 0 Å². The van der Waals surface area contributed by atoms with Gasteiger partial charge >= 0.3 is 0 Å². The fourth-order valence-corrected chi connectivity index (χ4v) is 2.46. The number of piperidine rings is 1. The van der Waals surface area contributed by atoms with Gasteiger partial charge in [-0.2, -0.15) is 4.31 Å². The van der Waals surface area contributed by atoms with Crippen molar-refractivity contribution < 1.29 is 13.2 Å². The van der Waals surface area contributed by atoms with Crippen LogP contribution in [0.15, 0.2) is 5.11 Å². The Balaban J connectivity index is 2.75. The predicted octanol–water partition coefficient (Wildman–Crippen LogP) is 0.346. The Morgan fingerprint density at radius 3 is 2.73 bits per heavy atom. The molecule has 7 nitrogen and oxygen atoms in total. The molecule has 1 fully saturated rings. The van der Waals surface area contributed by atoms with Gasteiger partial charge in [-0.25, -0.2) is 8.42 Å². The SMILES string of the molecule is CO[C@@H]1CN(S(C)(=O)=O)CC[C@H]1N=[N+]=[N-]. The van der Waals surface area contributed by atoms with E-state index < -0.39 is 10.0 Å². The second-order valence-electron chi connectivity index (χ2n) is 3.46. The van der Waals surface area contributed by atoms with Crippen molar-refractivity contribution in [2.75, 3.05) is 26.5 Å². The number of rotatable bonds is 3. The van der Waals surface area contributed by atoms with E-state index in [1.165, 1.54) is 11.4 Å². The Morgan fingerprint density at radius 1 is 1.60 bits per heavy atom. The van der Waals surface area contributed by atoms with Gasteiger partial charge in [0.1, 0.15) is 0 Å².